The number of carboxylic acids is 4. The number of aryl methyl sites for hydroxylation is 2. The molecule has 0 heterocycles. The van der Waals surface area contributed by atoms with Crippen molar-refractivity contribution in [3.63, 3.8) is 0 Å². The predicted molar refractivity (Wildman–Crippen MR) is 504 cm³/mol. The fraction of sp³-hybridized carbons (Fsp3) is 0.694. The van der Waals surface area contributed by atoms with Crippen LogP contribution in [0.15, 0.2) is 60.7 Å². The molecule has 0 aliphatic carbocycles. The van der Waals surface area contributed by atoms with Crippen molar-refractivity contribution in [2.45, 2.75) is 276 Å². The molecule has 39 heteroatoms. The molecular weight excluding hydrogens is 1780 g/mol. The highest BCUT2D eigenvalue weighted by Crippen LogP contribution is 2.21. The van der Waals surface area contributed by atoms with Gasteiger partial charge in [-0.1, -0.05) is 106 Å². The van der Waals surface area contributed by atoms with Crippen molar-refractivity contribution in [2.24, 2.45) is 17.8 Å². The molecule has 0 spiro atoms. The molecule has 0 aromatic heterocycles. The fourth-order valence-corrected chi connectivity index (χ4v) is 14.0. The van der Waals surface area contributed by atoms with E-state index in [1.807, 2.05) is 67.6 Å². The first-order valence-electron chi connectivity index (χ1n) is 48.7. The zero-order valence-corrected chi connectivity index (χ0v) is 80.6. The minimum Gasteiger partial charge on any atom is -0.481 e. The summed E-state index contributed by atoms with van der Waals surface area (Å²) in [4.78, 5) is 221. The van der Waals surface area contributed by atoms with Crippen LogP contribution in [-0.4, -0.2) is 289 Å². The van der Waals surface area contributed by atoms with Crippen molar-refractivity contribution >= 4 is 106 Å². The third-order valence-electron chi connectivity index (χ3n) is 22.1. The number of nitrogens with one attached hydrogen (secondary N) is 9. The van der Waals surface area contributed by atoms with E-state index in [9.17, 15) is 107 Å². The fourth-order valence-electron chi connectivity index (χ4n) is 14.0. The van der Waals surface area contributed by atoms with Gasteiger partial charge in [-0.2, -0.15) is 0 Å². The quantitative estimate of drug-likeness (QED) is 0.0300. The minimum atomic E-state index is -1.27. The number of ketones is 5. The zero-order chi connectivity index (χ0) is 101. The summed E-state index contributed by atoms with van der Waals surface area (Å²) in [7, 11) is 0. The van der Waals surface area contributed by atoms with Gasteiger partial charge < -0.3 is 106 Å². The van der Waals surface area contributed by atoms with Gasteiger partial charge in [0.2, 0.25) is 53.2 Å². The molecule has 39 nitrogen and oxygen atoms in total. The van der Waals surface area contributed by atoms with E-state index in [2.05, 4.69) is 47.9 Å². The second kappa shape index (κ2) is 81.6. The van der Waals surface area contributed by atoms with Crippen molar-refractivity contribution in [2.75, 3.05) is 145 Å². The van der Waals surface area contributed by atoms with Gasteiger partial charge in [-0.05, 0) is 146 Å². The first-order chi connectivity index (χ1) is 66.0. The largest absolute Gasteiger partial charge is 0.481 e. The van der Waals surface area contributed by atoms with Crippen LogP contribution in [0.4, 0.5) is 0 Å². The van der Waals surface area contributed by atoms with E-state index < -0.39 is 65.7 Å². The van der Waals surface area contributed by atoms with Crippen LogP contribution in [0.1, 0.15) is 256 Å². The maximum Gasteiger partial charge on any atom is 0.326 e. The van der Waals surface area contributed by atoms with Crippen LogP contribution in [0.3, 0.4) is 0 Å². The lowest BCUT2D eigenvalue weighted by atomic mass is 9.87. The Labute approximate surface area is 805 Å². The van der Waals surface area contributed by atoms with E-state index in [-0.39, 0.29) is 298 Å². The number of amides is 9. The number of hydrogen-bond acceptors (Lipinski definition) is 26. The molecule has 0 saturated heterocycles. The van der Waals surface area contributed by atoms with Crippen LogP contribution >= 0.6 is 0 Å². The van der Waals surface area contributed by atoms with Crippen LogP contribution in [0, 0.1) is 17.8 Å². The number of Topliss-reactive ketones (excluding diaryl/α,β-unsaturated/α-hetero) is 5. The Kier molecular flexibility index (Phi) is 73.0. The highest BCUT2D eigenvalue weighted by molar-refractivity contribution is 5.89. The molecule has 0 saturated carbocycles. The van der Waals surface area contributed by atoms with Gasteiger partial charge in [-0.15, -0.1) is 0 Å². The summed E-state index contributed by atoms with van der Waals surface area (Å²) >= 11 is 0. The Morgan fingerprint density at radius 1 is 0.263 bits per heavy atom. The summed E-state index contributed by atoms with van der Waals surface area (Å²) in [6, 6.07) is 16.4. The second-order valence-electron chi connectivity index (χ2n) is 33.9. The molecule has 0 unspecified atom stereocenters. The molecule has 2 aromatic carbocycles. The molecule has 0 fully saturated rings. The number of hydrogen-bond donors (Lipinski definition) is 13. The number of ether oxygens (including phenoxy) is 8. The van der Waals surface area contributed by atoms with Crippen molar-refractivity contribution in [3.8, 4) is 0 Å². The van der Waals surface area contributed by atoms with E-state index in [0.717, 1.165) is 38.5 Å². The number of unbranched alkanes of at least 4 members (excludes halogenated alkanes) is 10. The number of rotatable bonds is 93. The maximum absolute atomic E-state index is 13.1. The van der Waals surface area contributed by atoms with Crippen LogP contribution in [-0.2, 0) is 137 Å². The van der Waals surface area contributed by atoms with Gasteiger partial charge in [-0.3, -0.25) is 71.9 Å². The SMILES string of the molecule is CC(=O)[C@H](CCCCNC(=O)COCCOCCNC(=O)COCCOCCCC(=O)CC[C@H](NC(=O)CCCCCNC(=O)CC[C@H](NC(=O)CCCCCc1ccccc1)C(=O)O)C(=O)O)CC(=O)[C@@H](C)CCCCNC(=O)COCCOCCCC(=O)COCCOCCNC(=O)CC[C@H](CC(=O)CCCCCNC(=O)CC[C@H](NC(=O)CCCCCc1ccccc1)C(=O)O)C(=O)O. The van der Waals surface area contributed by atoms with E-state index in [4.69, 9.17) is 37.9 Å². The smallest absolute Gasteiger partial charge is 0.326 e. The van der Waals surface area contributed by atoms with E-state index in [1.165, 1.54) is 18.1 Å². The summed E-state index contributed by atoms with van der Waals surface area (Å²) in [6.45, 7) is 6.45. The van der Waals surface area contributed by atoms with Crippen LogP contribution in [0.25, 0.3) is 0 Å². The molecule has 772 valence electrons. The third kappa shape index (κ3) is 71.7. The first-order valence-corrected chi connectivity index (χ1v) is 48.7. The molecule has 9 amide bonds. The number of carbonyl (C=O) groups is 18. The highest BCUT2D eigenvalue weighted by Gasteiger charge is 2.27. The average Bonchev–Trinajstić information content (AvgIpc) is 0.911. The lowest BCUT2D eigenvalue weighted by Crippen LogP contribution is -2.41. The molecular formula is C98H155N9O30. The first kappa shape index (κ1) is 123. The van der Waals surface area contributed by atoms with E-state index in [0.29, 0.717) is 129 Å². The number of carboxylic acid groups (broad SMARTS) is 4. The van der Waals surface area contributed by atoms with Gasteiger partial charge in [0.25, 0.3) is 0 Å². The molecule has 0 radical (unpaired) electrons. The molecule has 2 rings (SSSR count). The number of aliphatic carboxylic acids is 4. The van der Waals surface area contributed by atoms with Crippen LogP contribution < -0.4 is 47.9 Å². The lowest BCUT2D eigenvalue weighted by Gasteiger charge is -2.16. The van der Waals surface area contributed by atoms with Crippen molar-refractivity contribution in [1.29, 1.82) is 0 Å². The standard InChI is InChI=1S/C98H155N9O30/c1-73(27-19-23-51-101-92(119)70-135-64-60-131-56-26-37-81(111)69-134-63-61-132-57-53-103-86(113)46-41-78(95(122)123)67-80(110)35-15-7-21-49-99-87(114)47-44-83(97(126)127)106-89(116)38-16-5-13-32-75-28-9-3-10-29-75)85(112)68-77(74(2)108)34-20-24-52-102-93(120)71-137-66-62-133-58-54-104-94(121)72-136-65-59-130-55-25-36-79(109)42-43-82(96(124)125)105-91(118)40-18-8-22-50-100-88(115)48-45-84(98(128)129)107-90(117)39-17-6-14-33-76-30-11-4-12-31-76/h3-4,9-12,28-31,73,77-78,82-84H,5-8,13-27,32-72H2,1-2H3,(H,99,114)(H,100,115)(H,101,119)(H,102,120)(H,103,113)(H,104,121)(H,105,118)(H,106,116)(H,107,117)(H,122,123)(H,124,125)(H,126,127)(H,128,129)/t73-,77+,78+,82-,83-,84-/m0/s1. The van der Waals surface area contributed by atoms with Crippen LogP contribution in [0.2, 0.25) is 0 Å². The molecule has 137 heavy (non-hydrogen) atoms. The highest BCUT2D eigenvalue weighted by atomic mass is 16.5. The Bertz CT molecular complexity index is 3820. The van der Waals surface area contributed by atoms with Crippen molar-refractivity contribution < 1.29 is 145 Å². The summed E-state index contributed by atoms with van der Waals surface area (Å²) < 4.78 is 43.4. The summed E-state index contributed by atoms with van der Waals surface area (Å²) in [6.07, 6.45) is 14.2. The molecule has 0 aliphatic rings. The van der Waals surface area contributed by atoms with Gasteiger partial charge >= 0.3 is 23.9 Å². The summed E-state index contributed by atoms with van der Waals surface area (Å²) in [5.74, 6) is -10.7. The molecule has 0 aliphatic heterocycles. The van der Waals surface area contributed by atoms with Crippen LogP contribution in [0.5, 0.6) is 0 Å². The van der Waals surface area contributed by atoms with Gasteiger partial charge in [0.05, 0.1) is 72.0 Å². The maximum atomic E-state index is 13.1. The third-order valence-corrected chi connectivity index (χ3v) is 22.1. The van der Waals surface area contributed by atoms with E-state index >= 15 is 0 Å². The van der Waals surface area contributed by atoms with Gasteiger partial charge in [0.15, 0.2) is 5.78 Å². The normalized spacial score (nSPS) is 12.4. The monoisotopic (exact) mass is 1940 g/mol. The molecule has 0 bridgehead atoms. The minimum absolute atomic E-state index is 0.00794. The van der Waals surface area contributed by atoms with Crippen molar-refractivity contribution in [3.05, 3.63) is 71.8 Å². The van der Waals surface area contributed by atoms with Gasteiger partial charge in [0, 0.05) is 141 Å². The Hall–Kier alpha value is -10.4. The zero-order valence-electron chi connectivity index (χ0n) is 80.6. The summed E-state index contributed by atoms with van der Waals surface area (Å²) in [5, 5.41) is 62.3. The Morgan fingerprint density at radius 3 is 1.01 bits per heavy atom. The topological polar surface area (TPSA) is 570 Å². The van der Waals surface area contributed by atoms with Gasteiger partial charge in [0.1, 0.15) is 67.7 Å². The molecule has 2 aromatic rings. The second-order valence-corrected chi connectivity index (χ2v) is 33.9. The van der Waals surface area contributed by atoms with Gasteiger partial charge in [-0.25, -0.2) is 14.4 Å². The Balaban J connectivity index is 1.35. The van der Waals surface area contributed by atoms with E-state index in [1.54, 1.807) is 0 Å². The Morgan fingerprint density at radius 2 is 0.599 bits per heavy atom. The van der Waals surface area contributed by atoms with Crippen molar-refractivity contribution in [1.82, 2.24) is 47.9 Å². The lowest BCUT2D eigenvalue weighted by molar-refractivity contribution is -0.144. The average molecular weight is 1940 g/mol. The number of carbonyl (C=O) groups excluding carboxylic acids is 14. The molecule has 6 atom stereocenters. The number of benzene rings is 2. The molecule has 13 N–H and O–H groups in total. The predicted octanol–water partition coefficient (Wildman–Crippen LogP) is 6.87. The summed E-state index contributed by atoms with van der Waals surface area (Å²) in [5.41, 5.74) is 2.44.